The number of hydrogen-bond acceptors (Lipinski definition) is 5. The SMILES string of the molecule is C[C@H](OC(=O)c1ccc2ncsc2c1)C(=O)N[C@H]1CCCC[C@H]1C. The van der Waals surface area contributed by atoms with Crippen molar-refractivity contribution in [1.29, 1.82) is 0 Å². The Balaban J connectivity index is 1.59. The molecule has 1 aliphatic carbocycles. The van der Waals surface area contributed by atoms with Crippen molar-refractivity contribution in [2.45, 2.75) is 51.7 Å². The molecule has 0 spiro atoms. The molecule has 1 amide bonds. The zero-order valence-corrected chi connectivity index (χ0v) is 14.8. The van der Waals surface area contributed by atoms with Crippen LogP contribution in [0.2, 0.25) is 0 Å². The van der Waals surface area contributed by atoms with Crippen LogP contribution < -0.4 is 5.32 Å². The Kier molecular flexibility index (Phi) is 5.14. The zero-order valence-electron chi connectivity index (χ0n) is 14.0. The average molecular weight is 346 g/mol. The summed E-state index contributed by atoms with van der Waals surface area (Å²) in [5, 5.41) is 3.03. The second-order valence-corrected chi connectivity index (χ2v) is 7.35. The number of nitrogens with one attached hydrogen (secondary N) is 1. The fourth-order valence-electron chi connectivity index (χ4n) is 3.09. The van der Waals surface area contributed by atoms with Crippen LogP contribution >= 0.6 is 11.3 Å². The fraction of sp³-hybridized carbons (Fsp3) is 0.500. The number of carbonyl (C=O) groups excluding carboxylic acids is 2. The minimum Gasteiger partial charge on any atom is -0.449 e. The Morgan fingerprint density at radius 1 is 1.33 bits per heavy atom. The van der Waals surface area contributed by atoms with Crippen LogP contribution in [0.4, 0.5) is 0 Å². The van der Waals surface area contributed by atoms with Gasteiger partial charge in [0.05, 0.1) is 21.3 Å². The van der Waals surface area contributed by atoms with Gasteiger partial charge in [0.2, 0.25) is 0 Å². The van der Waals surface area contributed by atoms with Crippen LogP contribution in [-0.4, -0.2) is 29.0 Å². The maximum absolute atomic E-state index is 12.3. The van der Waals surface area contributed by atoms with Gasteiger partial charge in [-0.05, 0) is 43.9 Å². The minimum atomic E-state index is -0.802. The highest BCUT2D eigenvalue weighted by molar-refractivity contribution is 7.16. The van der Waals surface area contributed by atoms with E-state index < -0.39 is 12.1 Å². The van der Waals surface area contributed by atoms with Gasteiger partial charge in [-0.3, -0.25) is 4.79 Å². The summed E-state index contributed by atoms with van der Waals surface area (Å²) < 4.78 is 6.26. The van der Waals surface area contributed by atoms with E-state index in [4.69, 9.17) is 4.74 Å². The lowest BCUT2D eigenvalue weighted by Crippen LogP contribution is -2.45. The van der Waals surface area contributed by atoms with Crippen molar-refractivity contribution in [2.75, 3.05) is 0 Å². The lowest BCUT2D eigenvalue weighted by molar-refractivity contribution is -0.130. The van der Waals surface area contributed by atoms with Crippen LogP contribution in [-0.2, 0) is 9.53 Å². The van der Waals surface area contributed by atoms with E-state index in [2.05, 4.69) is 17.2 Å². The molecule has 1 saturated carbocycles. The molecule has 0 unspecified atom stereocenters. The molecule has 1 heterocycles. The summed E-state index contributed by atoms with van der Waals surface area (Å²) in [5.74, 6) is -0.232. The van der Waals surface area contributed by atoms with E-state index in [0.29, 0.717) is 11.5 Å². The smallest absolute Gasteiger partial charge is 0.338 e. The molecule has 1 N–H and O–H groups in total. The van der Waals surface area contributed by atoms with Crippen LogP contribution in [0.5, 0.6) is 0 Å². The third-order valence-corrected chi connectivity index (χ3v) is 5.45. The molecule has 0 radical (unpaired) electrons. The third kappa shape index (κ3) is 3.75. The summed E-state index contributed by atoms with van der Waals surface area (Å²) in [6.45, 7) is 3.77. The Hall–Kier alpha value is -1.95. The van der Waals surface area contributed by atoms with Crippen LogP contribution in [0.1, 0.15) is 49.9 Å². The molecule has 2 aromatic rings. The van der Waals surface area contributed by atoms with E-state index in [-0.39, 0.29) is 11.9 Å². The molecule has 6 heteroatoms. The quantitative estimate of drug-likeness (QED) is 0.860. The molecular weight excluding hydrogens is 324 g/mol. The van der Waals surface area contributed by atoms with Gasteiger partial charge in [0.15, 0.2) is 6.10 Å². The number of thiazole rings is 1. The number of aromatic nitrogens is 1. The lowest BCUT2D eigenvalue weighted by Gasteiger charge is -2.30. The first-order chi connectivity index (χ1) is 11.5. The molecule has 3 atom stereocenters. The maximum atomic E-state index is 12.3. The van der Waals surface area contributed by atoms with Crippen molar-refractivity contribution < 1.29 is 14.3 Å². The van der Waals surface area contributed by atoms with Gasteiger partial charge in [-0.25, -0.2) is 9.78 Å². The highest BCUT2D eigenvalue weighted by Crippen LogP contribution is 2.24. The summed E-state index contributed by atoms with van der Waals surface area (Å²) in [4.78, 5) is 28.7. The van der Waals surface area contributed by atoms with Crippen molar-refractivity contribution in [3.05, 3.63) is 29.3 Å². The number of rotatable bonds is 4. The normalized spacial score (nSPS) is 22.1. The number of esters is 1. The van der Waals surface area contributed by atoms with Crippen LogP contribution in [0.3, 0.4) is 0 Å². The molecule has 3 rings (SSSR count). The van der Waals surface area contributed by atoms with Crippen molar-refractivity contribution in [3.63, 3.8) is 0 Å². The van der Waals surface area contributed by atoms with E-state index in [1.807, 2.05) is 0 Å². The monoisotopic (exact) mass is 346 g/mol. The van der Waals surface area contributed by atoms with E-state index >= 15 is 0 Å². The van der Waals surface area contributed by atoms with Gasteiger partial charge in [-0.1, -0.05) is 19.8 Å². The fourth-order valence-corrected chi connectivity index (χ4v) is 3.81. The Labute approximate surface area is 145 Å². The van der Waals surface area contributed by atoms with Gasteiger partial charge in [0.1, 0.15) is 0 Å². The van der Waals surface area contributed by atoms with E-state index in [1.165, 1.54) is 17.8 Å². The topological polar surface area (TPSA) is 68.3 Å². The number of hydrogen-bond donors (Lipinski definition) is 1. The van der Waals surface area contributed by atoms with E-state index in [0.717, 1.165) is 29.5 Å². The lowest BCUT2D eigenvalue weighted by atomic mass is 9.86. The van der Waals surface area contributed by atoms with Crippen LogP contribution in [0.15, 0.2) is 23.7 Å². The van der Waals surface area contributed by atoms with Gasteiger partial charge in [0.25, 0.3) is 5.91 Å². The second kappa shape index (κ2) is 7.30. The molecule has 5 nitrogen and oxygen atoms in total. The predicted octanol–water partition coefficient (Wildman–Crippen LogP) is 3.54. The summed E-state index contributed by atoms with van der Waals surface area (Å²) in [7, 11) is 0. The van der Waals surface area contributed by atoms with Crippen molar-refractivity contribution >= 4 is 33.4 Å². The average Bonchev–Trinajstić information content (AvgIpc) is 3.04. The van der Waals surface area contributed by atoms with Gasteiger partial charge in [0, 0.05) is 6.04 Å². The van der Waals surface area contributed by atoms with Gasteiger partial charge < -0.3 is 10.1 Å². The number of amides is 1. The number of benzene rings is 1. The Bertz CT molecular complexity index is 743. The van der Waals surface area contributed by atoms with Crippen LogP contribution in [0.25, 0.3) is 10.2 Å². The number of ether oxygens (including phenoxy) is 1. The predicted molar refractivity (Wildman–Crippen MR) is 94.1 cm³/mol. The molecule has 24 heavy (non-hydrogen) atoms. The first-order valence-corrected chi connectivity index (χ1v) is 9.27. The first-order valence-electron chi connectivity index (χ1n) is 8.39. The first kappa shape index (κ1) is 16.9. The van der Waals surface area contributed by atoms with Crippen molar-refractivity contribution in [1.82, 2.24) is 10.3 Å². The third-order valence-electron chi connectivity index (χ3n) is 4.66. The molecule has 1 fully saturated rings. The summed E-state index contributed by atoms with van der Waals surface area (Å²) in [6, 6.07) is 5.40. The second-order valence-electron chi connectivity index (χ2n) is 6.46. The number of carbonyl (C=O) groups is 2. The minimum absolute atomic E-state index is 0.181. The molecule has 0 saturated heterocycles. The number of nitrogens with zero attached hydrogens (tertiary/aromatic N) is 1. The van der Waals surface area contributed by atoms with Gasteiger partial charge in [-0.2, -0.15) is 0 Å². The standard InChI is InChI=1S/C18H22N2O3S/c1-11-5-3-4-6-14(11)20-17(21)12(2)23-18(22)13-7-8-15-16(9-13)24-10-19-15/h7-12,14H,3-6H2,1-2H3,(H,20,21)/t11-,12+,14+/m1/s1. The molecule has 0 aliphatic heterocycles. The van der Waals surface area contributed by atoms with Gasteiger partial charge >= 0.3 is 5.97 Å². The van der Waals surface area contributed by atoms with E-state index in [1.54, 1.807) is 30.6 Å². The Morgan fingerprint density at radius 2 is 2.12 bits per heavy atom. The summed E-state index contributed by atoms with van der Waals surface area (Å²) >= 11 is 1.47. The number of fused-ring (bicyclic) bond motifs is 1. The van der Waals surface area contributed by atoms with E-state index in [9.17, 15) is 9.59 Å². The summed E-state index contributed by atoms with van der Waals surface area (Å²) in [5.41, 5.74) is 3.03. The molecule has 1 aliphatic rings. The molecule has 0 bridgehead atoms. The molecule has 1 aromatic carbocycles. The highest BCUT2D eigenvalue weighted by Gasteiger charge is 2.26. The van der Waals surface area contributed by atoms with Crippen LogP contribution in [0, 0.1) is 5.92 Å². The molecular formula is C18H22N2O3S. The van der Waals surface area contributed by atoms with Crippen molar-refractivity contribution in [2.24, 2.45) is 5.92 Å². The maximum Gasteiger partial charge on any atom is 0.338 e. The molecule has 128 valence electrons. The van der Waals surface area contributed by atoms with Gasteiger partial charge in [-0.15, -0.1) is 11.3 Å². The molecule has 1 aromatic heterocycles. The van der Waals surface area contributed by atoms with Crippen molar-refractivity contribution in [3.8, 4) is 0 Å². The summed E-state index contributed by atoms with van der Waals surface area (Å²) in [6.07, 6.45) is 3.68. The Morgan fingerprint density at radius 3 is 2.92 bits per heavy atom. The zero-order chi connectivity index (χ0) is 17.1. The highest BCUT2D eigenvalue weighted by atomic mass is 32.1. The largest absolute Gasteiger partial charge is 0.449 e.